The van der Waals surface area contributed by atoms with Crippen molar-refractivity contribution in [1.29, 1.82) is 0 Å². The third-order valence-electron chi connectivity index (χ3n) is 4.39. The number of aromatic nitrogens is 1. The van der Waals surface area contributed by atoms with Gasteiger partial charge in [-0.1, -0.05) is 30.7 Å². The molecule has 1 fully saturated rings. The fourth-order valence-corrected chi connectivity index (χ4v) is 3.93. The summed E-state index contributed by atoms with van der Waals surface area (Å²) in [4.78, 5) is 6.92. The molecule has 1 atom stereocenters. The second kappa shape index (κ2) is 6.10. The zero-order valence-corrected chi connectivity index (χ0v) is 13.0. The Morgan fingerprint density at radius 3 is 3.10 bits per heavy atom. The van der Waals surface area contributed by atoms with Crippen molar-refractivity contribution in [1.82, 2.24) is 9.88 Å². The maximum atomic E-state index is 5.77. The van der Waals surface area contributed by atoms with Gasteiger partial charge in [-0.15, -0.1) is 0 Å². The molecule has 4 heteroatoms. The van der Waals surface area contributed by atoms with E-state index in [0.29, 0.717) is 5.13 Å². The number of nitrogen functional groups attached to an aromatic ring is 1. The first-order valence-electron chi connectivity index (χ1n) is 7.62. The Hall–Kier alpha value is -1.13. The van der Waals surface area contributed by atoms with Crippen molar-refractivity contribution in [3.05, 3.63) is 23.8 Å². The number of hydrogen-bond acceptors (Lipinski definition) is 4. The Labute approximate surface area is 124 Å². The number of anilines is 1. The van der Waals surface area contributed by atoms with Gasteiger partial charge in [0, 0.05) is 6.54 Å². The van der Waals surface area contributed by atoms with E-state index in [1.54, 1.807) is 11.3 Å². The third kappa shape index (κ3) is 3.13. The molecule has 1 aromatic heterocycles. The quantitative estimate of drug-likeness (QED) is 0.932. The van der Waals surface area contributed by atoms with Crippen molar-refractivity contribution in [2.75, 3.05) is 18.8 Å². The summed E-state index contributed by atoms with van der Waals surface area (Å²) < 4.78 is 1.21. The van der Waals surface area contributed by atoms with Crippen LogP contribution >= 0.6 is 11.3 Å². The number of nitrogens with two attached hydrogens (primary N) is 1. The second-order valence-electron chi connectivity index (χ2n) is 5.84. The molecule has 2 aromatic rings. The molecule has 1 unspecified atom stereocenters. The minimum absolute atomic E-state index is 0.665. The average molecular weight is 289 g/mol. The smallest absolute Gasteiger partial charge is 0.181 e. The van der Waals surface area contributed by atoms with E-state index >= 15 is 0 Å². The minimum Gasteiger partial charge on any atom is -0.375 e. The lowest BCUT2D eigenvalue weighted by molar-refractivity contribution is 0.272. The van der Waals surface area contributed by atoms with Crippen LogP contribution in [0.5, 0.6) is 0 Å². The SMILES string of the molecule is CCC1CCCN(Cc2ccc3nc(N)sc3c2)CC1. The van der Waals surface area contributed by atoms with Crippen molar-refractivity contribution < 1.29 is 0 Å². The summed E-state index contributed by atoms with van der Waals surface area (Å²) in [6.07, 6.45) is 5.43. The molecule has 0 saturated carbocycles. The highest BCUT2D eigenvalue weighted by Gasteiger charge is 2.16. The Balaban J connectivity index is 1.69. The van der Waals surface area contributed by atoms with Gasteiger partial charge in [0.05, 0.1) is 10.2 Å². The Kier molecular flexibility index (Phi) is 4.22. The lowest BCUT2D eigenvalue weighted by atomic mass is 9.98. The number of thiazole rings is 1. The monoisotopic (exact) mass is 289 g/mol. The van der Waals surface area contributed by atoms with Gasteiger partial charge in [0.25, 0.3) is 0 Å². The average Bonchev–Trinajstić information content (AvgIpc) is 2.66. The van der Waals surface area contributed by atoms with Gasteiger partial charge in [-0.25, -0.2) is 4.98 Å². The highest BCUT2D eigenvalue weighted by atomic mass is 32.1. The van der Waals surface area contributed by atoms with Gasteiger partial charge < -0.3 is 5.73 Å². The van der Waals surface area contributed by atoms with Crippen molar-refractivity contribution in [2.24, 2.45) is 5.92 Å². The number of fused-ring (bicyclic) bond motifs is 1. The number of likely N-dealkylation sites (tertiary alicyclic amines) is 1. The lowest BCUT2D eigenvalue weighted by Crippen LogP contribution is -2.24. The van der Waals surface area contributed by atoms with Crippen LogP contribution in [0.25, 0.3) is 10.2 Å². The number of nitrogens with zero attached hydrogens (tertiary/aromatic N) is 2. The van der Waals surface area contributed by atoms with Crippen LogP contribution in [0.4, 0.5) is 5.13 Å². The minimum atomic E-state index is 0.665. The van der Waals surface area contributed by atoms with Gasteiger partial charge in [-0.2, -0.15) is 0 Å². The highest BCUT2D eigenvalue weighted by molar-refractivity contribution is 7.22. The molecule has 1 aromatic carbocycles. The summed E-state index contributed by atoms with van der Waals surface area (Å²) in [6, 6.07) is 6.55. The molecule has 0 amide bonds. The van der Waals surface area contributed by atoms with Crippen LogP contribution < -0.4 is 5.73 Å². The van der Waals surface area contributed by atoms with E-state index < -0.39 is 0 Å². The molecular formula is C16H23N3S. The maximum Gasteiger partial charge on any atom is 0.181 e. The van der Waals surface area contributed by atoms with Crippen LogP contribution in [0.2, 0.25) is 0 Å². The van der Waals surface area contributed by atoms with Gasteiger partial charge in [0.2, 0.25) is 0 Å². The molecule has 3 rings (SSSR count). The summed E-state index contributed by atoms with van der Waals surface area (Å²) in [5.41, 5.74) is 8.18. The number of hydrogen-bond donors (Lipinski definition) is 1. The first-order valence-corrected chi connectivity index (χ1v) is 8.43. The van der Waals surface area contributed by atoms with E-state index in [4.69, 9.17) is 5.73 Å². The molecule has 1 aliphatic rings. The van der Waals surface area contributed by atoms with Crippen LogP contribution in [0.15, 0.2) is 18.2 Å². The van der Waals surface area contributed by atoms with Crippen molar-refractivity contribution in [3.8, 4) is 0 Å². The molecule has 0 radical (unpaired) electrons. The largest absolute Gasteiger partial charge is 0.375 e. The van der Waals surface area contributed by atoms with E-state index in [1.165, 1.54) is 49.0 Å². The summed E-state index contributed by atoms with van der Waals surface area (Å²) in [5.74, 6) is 0.934. The van der Waals surface area contributed by atoms with Gasteiger partial charge in [-0.05, 0) is 56.0 Å². The van der Waals surface area contributed by atoms with E-state index in [9.17, 15) is 0 Å². The van der Waals surface area contributed by atoms with Crippen LogP contribution in [0.3, 0.4) is 0 Å². The molecular weight excluding hydrogens is 266 g/mol. The summed E-state index contributed by atoms with van der Waals surface area (Å²) >= 11 is 1.58. The fraction of sp³-hybridized carbons (Fsp3) is 0.562. The number of rotatable bonds is 3. The zero-order valence-electron chi connectivity index (χ0n) is 12.1. The molecule has 3 nitrogen and oxygen atoms in total. The molecule has 1 saturated heterocycles. The van der Waals surface area contributed by atoms with Crippen LogP contribution in [0, 0.1) is 5.92 Å². The zero-order chi connectivity index (χ0) is 13.9. The van der Waals surface area contributed by atoms with Crippen molar-refractivity contribution in [3.63, 3.8) is 0 Å². The van der Waals surface area contributed by atoms with Gasteiger partial charge in [0.15, 0.2) is 5.13 Å². The standard InChI is InChI=1S/C16H23N3S/c1-2-12-4-3-8-19(9-7-12)11-13-5-6-14-15(10-13)20-16(17)18-14/h5-6,10,12H,2-4,7-9,11H2,1H3,(H2,17,18). The van der Waals surface area contributed by atoms with E-state index in [2.05, 4.69) is 35.0 Å². The Bertz CT molecular complexity index is 578. The van der Waals surface area contributed by atoms with Crippen LogP contribution in [-0.2, 0) is 6.54 Å². The predicted octanol–water partition coefficient (Wildman–Crippen LogP) is 3.89. The van der Waals surface area contributed by atoms with Gasteiger partial charge >= 0.3 is 0 Å². The van der Waals surface area contributed by atoms with Crippen molar-refractivity contribution in [2.45, 2.75) is 39.2 Å². The molecule has 1 aliphatic heterocycles. The van der Waals surface area contributed by atoms with Gasteiger partial charge in [-0.3, -0.25) is 4.90 Å². The van der Waals surface area contributed by atoms with E-state index in [-0.39, 0.29) is 0 Å². The normalized spacial score (nSPS) is 21.1. The van der Waals surface area contributed by atoms with Crippen LogP contribution in [-0.4, -0.2) is 23.0 Å². The Morgan fingerprint density at radius 2 is 2.25 bits per heavy atom. The summed E-state index contributed by atoms with van der Waals surface area (Å²) in [5, 5.41) is 0.665. The first kappa shape index (κ1) is 13.8. The van der Waals surface area contributed by atoms with E-state index in [0.717, 1.165) is 18.0 Å². The number of benzene rings is 1. The highest BCUT2D eigenvalue weighted by Crippen LogP contribution is 2.26. The molecule has 0 spiro atoms. The van der Waals surface area contributed by atoms with Crippen LogP contribution in [0.1, 0.15) is 38.2 Å². The molecule has 2 N–H and O–H groups in total. The summed E-state index contributed by atoms with van der Waals surface area (Å²) in [7, 11) is 0. The molecule has 0 bridgehead atoms. The van der Waals surface area contributed by atoms with Gasteiger partial charge in [0.1, 0.15) is 0 Å². The lowest BCUT2D eigenvalue weighted by Gasteiger charge is -2.20. The third-order valence-corrected chi connectivity index (χ3v) is 5.24. The topological polar surface area (TPSA) is 42.2 Å². The predicted molar refractivity (Wildman–Crippen MR) is 86.9 cm³/mol. The molecule has 0 aliphatic carbocycles. The summed E-state index contributed by atoms with van der Waals surface area (Å²) in [6.45, 7) is 5.85. The van der Waals surface area contributed by atoms with Crippen molar-refractivity contribution >= 4 is 26.7 Å². The fourth-order valence-electron chi connectivity index (χ4n) is 3.13. The Morgan fingerprint density at radius 1 is 1.35 bits per heavy atom. The first-order chi connectivity index (χ1) is 9.74. The maximum absolute atomic E-state index is 5.77. The molecule has 108 valence electrons. The second-order valence-corrected chi connectivity index (χ2v) is 6.90. The van der Waals surface area contributed by atoms with E-state index in [1.807, 2.05) is 0 Å². The molecule has 2 heterocycles. The molecule has 20 heavy (non-hydrogen) atoms.